The first-order valence-corrected chi connectivity index (χ1v) is 8.69. The van der Waals surface area contributed by atoms with Crippen molar-refractivity contribution in [1.82, 2.24) is 0 Å². The molecule has 14 heavy (non-hydrogen) atoms. The molecule has 0 aromatic rings. The van der Waals surface area contributed by atoms with Gasteiger partial charge < -0.3 is 4.74 Å². The summed E-state index contributed by atoms with van der Waals surface area (Å²) in [4.78, 5) is 0. The van der Waals surface area contributed by atoms with Gasteiger partial charge in [0, 0.05) is 6.42 Å². The van der Waals surface area contributed by atoms with Crippen LogP contribution in [0.5, 0.6) is 0 Å². The van der Waals surface area contributed by atoms with Crippen molar-refractivity contribution in [2.24, 2.45) is 0 Å². The number of allylic oxidation sites excluding steroid dienone is 2. The molecular formula is C12H22OSi. The molecule has 0 atom stereocenters. The minimum absolute atomic E-state index is 0.962. The van der Waals surface area contributed by atoms with Gasteiger partial charge in [-0.25, -0.2) is 0 Å². The van der Waals surface area contributed by atoms with Crippen LogP contribution in [0.4, 0.5) is 0 Å². The monoisotopic (exact) mass is 210 g/mol. The van der Waals surface area contributed by atoms with Gasteiger partial charge in [-0.3, -0.25) is 0 Å². The fourth-order valence-corrected chi connectivity index (χ4v) is 1.53. The molecule has 0 rings (SSSR count). The molecule has 0 aliphatic heterocycles. The third-order valence-corrected chi connectivity index (χ3v) is 2.74. The second kappa shape index (κ2) is 6.69. The van der Waals surface area contributed by atoms with Crippen molar-refractivity contribution in [3.63, 3.8) is 0 Å². The van der Waals surface area contributed by atoms with Crippen molar-refractivity contribution >= 4 is 8.07 Å². The summed E-state index contributed by atoms with van der Waals surface area (Å²) in [5, 5.41) is 0. The molecule has 0 bridgehead atoms. The molecule has 0 unspecified atom stereocenters. The number of ether oxygens (including phenoxy) is 1. The summed E-state index contributed by atoms with van der Waals surface area (Å²) >= 11 is 0. The average Bonchev–Trinajstić information content (AvgIpc) is 2.09. The van der Waals surface area contributed by atoms with Gasteiger partial charge in [0.15, 0.2) is 0 Å². The van der Waals surface area contributed by atoms with Gasteiger partial charge in [-0.1, -0.05) is 37.1 Å². The topological polar surface area (TPSA) is 9.23 Å². The lowest BCUT2D eigenvalue weighted by Gasteiger charge is -2.07. The quantitative estimate of drug-likeness (QED) is 0.212. The van der Waals surface area contributed by atoms with Gasteiger partial charge in [0.05, 0.1) is 15.2 Å². The molecule has 0 N–H and O–H groups in total. The van der Waals surface area contributed by atoms with Crippen molar-refractivity contribution in [3.05, 3.63) is 29.8 Å². The zero-order valence-corrected chi connectivity index (χ0v) is 10.9. The second-order valence-electron chi connectivity index (χ2n) is 4.46. The van der Waals surface area contributed by atoms with Crippen molar-refractivity contribution in [3.8, 4) is 0 Å². The first-order chi connectivity index (χ1) is 6.49. The molecule has 0 saturated carbocycles. The van der Waals surface area contributed by atoms with Crippen molar-refractivity contribution < 1.29 is 4.74 Å². The van der Waals surface area contributed by atoms with Crippen LogP contribution in [0.2, 0.25) is 19.6 Å². The molecule has 0 radical (unpaired) electrons. The summed E-state index contributed by atoms with van der Waals surface area (Å²) in [5.74, 6) is 0.967. The number of hydrogen-bond donors (Lipinski definition) is 0. The van der Waals surface area contributed by atoms with E-state index in [0.29, 0.717) is 0 Å². The van der Waals surface area contributed by atoms with Crippen LogP contribution in [-0.4, -0.2) is 15.2 Å². The molecule has 0 heterocycles. The van der Waals surface area contributed by atoms with Crippen LogP contribution in [0.15, 0.2) is 29.8 Å². The Morgan fingerprint density at radius 1 is 1.43 bits per heavy atom. The summed E-state index contributed by atoms with van der Waals surface area (Å²) in [6, 6.07) is 0. The van der Waals surface area contributed by atoms with Crippen LogP contribution in [0.1, 0.15) is 19.3 Å². The van der Waals surface area contributed by atoms with Crippen LogP contribution in [-0.2, 0) is 4.74 Å². The highest BCUT2D eigenvalue weighted by atomic mass is 28.3. The number of methoxy groups -OCH3 is 1. The van der Waals surface area contributed by atoms with Crippen LogP contribution < -0.4 is 0 Å². The van der Waals surface area contributed by atoms with Crippen LogP contribution >= 0.6 is 0 Å². The average molecular weight is 210 g/mol. The number of unbranched alkanes of at least 4 members (excludes halogenated alkanes) is 1. The predicted octanol–water partition coefficient (Wildman–Crippen LogP) is 3.91. The van der Waals surface area contributed by atoms with Crippen LogP contribution in [0.25, 0.3) is 0 Å². The summed E-state index contributed by atoms with van der Waals surface area (Å²) < 4.78 is 5.25. The molecule has 80 valence electrons. The molecule has 0 aromatic carbocycles. The number of hydrogen-bond acceptors (Lipinski definition) is 1. The lowest BCUT2D eigenvalue weighted by molar-refractivity contribution is 0.276. The van der Waals surface area contributed by atoms with Gasteiger partial charge in [0.25, 0.3) is 0 Å². The third kappa shape index (κ3) is 7.90. The molecule has 0 aliphatic rings. The highest BCUT2D eigenvalue weighted by Crippen LogP contribution is 2.08. The normalized spacial score (nSPS) is 10.3. The summed E-state index contributed by atoms with van der Waals surface area (Å²) in [6.07, 6.45) is 5.04. The van der Waals surface area contributed by atoms with Gasteiger partial charge in [-0.15, -0.1) is 6.58 Å². The highest BCUT2D eigenvalue weighted by Gasteiger charge is 2.06. The van der Waals surface area contributed by atoms with Gasteiger partial charge in [0.2, 0.25) is 0 Å². The molecule has 2 heteroatoms. The SMILES string of the molecule is C=CCCCC(=C=C[Si](C)(C)C)OC. The predicted molar refractivity (Wildman–Crippen MR) is 66.0 cm³/mol. The van der Waals surface area contributed by atoms with E-state index in [0.717, 1.165) is 25.0 Å². The fraction of sp³-hybridized carbons (Fsp3) is 0.583. The molecule has 0 saturated heterocycles. The van der Waals surface area contributed by atoms with E-state index in [-0.39, 0.29) is 0 Å². The maximum Gasteiger partial charge on any atom is 0.137 e. The molecule has 0 aromatic heterocycles. The molecule has 1 nitrogen and oxygen atoms in total. The zero-order chi connectivity index (χ0) is 11.0. The second-order valence-corrected chi connectivity index (χ2v) is 9.48. The lowest BCUT2D eigenvalue weighted by Crippen LogP contribution is -2.14. The molecule has 0 spiro atoms. The Morgan fingerprint density at radius 2 is 2.07 bits per heavy atom. The first-order valence-electron chi connectivity index (χ1n) is 5.11. The Balaban J connectivity index is 4.25. The van der Waals surface area contributed by atoms with E-state index in [1.54, 1.807) is 7.11 Å². The van der Waals surface area contributed by atoms with E-state index in [2.05, 4.69) is 37.7 Å². The van der Waals surface area contributed by atoms with E-state index in [9.17, 15) is 0 Å². The Morgan fingerprint density at radius 3 is 2.50 bits per heavy atom. The minimum atomic E-state index is -1.14. The van der Waals surface area contributed by atoms with Crippen molar-refractivity contribution in [2.45, 2.75) is 38.9 Å². The molecular weight excluding hydrogens is 188 g/mol. The van der Waals surface area contributed by atoms with Crippen LogP contribution in [0, 0.1) is 0 Å². The van der Waals surface area contributed by atoms with Gasteiger partial charge in [-0.05, 0) is 12.8 Å². The van der Waals surface area contributed by atoms with Gasteiger partial charge >= 0.3 is 0 Å². The molecule has 0 amide bonds. The third-order valence-electron chi connectivity index (χ3n) is 1.72. The Kier molecular flexibility index (Phi) is 6.34. The zero-order valence-electron chi connectivity index (χ0n) is 9.89. The standard InChI is InChI=1S/C12H22OSi/c1-6-7-8-9-12(13-2)10-11-14(3,4)5/h6,11H,1,7-9H2,2-5H3. The van der Waals surface area contributed by atoms with E-state index < -0.39 is 8.07 Å². The summed E-state index contributed by atoms with van der Waals surface area (Å²) in [6.45, 7) is 10.6. The Bertz CT molecular complexity index is 229. The smallest absolute Gasteiger partial charge is 0.137 e. The van der Waals surface area contributed by atoms with Gasteiger partial charge in [0.1, 0.15) is 5.76 Å². The summed E-state index contributed by atoms with van der Waals surface area (Å²) in [7, 11) is 0.576. The van der Waals surface area contributed by atoms with Crippen molar-refractivity contribution in [2.75, 3.05) is 7.11 Å². The van der Waals surface area contributed by atoms with E-state index in [1.807, 2.05) is 6.08 Å². The van der Waals surface area contributed by atoms with E-state index in [1.165, 1.54) is 0 Å². The highest BCUT2D eigenvalue weighted by molar-refractivity contribution is 6.80. The van der Waals surface area contributed by atoms with Gasteiger partial charge in [-0.2, -0.15) is 0 Å². The lowest BCUT2D eigenvalue weighted by atomic mass is 10.2. The Labute approximate surface area is 89.2 Å². The maximum absolute atomic E-state index is 5.25. The summed E-state index contributed by atoms with van der Waals surface area (Å²) in [5.41, 5.74) is 5.46. The first kappa shape index (κ1) is 13.3. The maximum atomic E-state index is 5.25. The fourth-order valence-electron chi connectivity index (χ4n) is 0.937. The van der Waals surface area contributed by atoms with Crippen LogP contribution in [0.3, 0.4) is 0 Å². The number of rotatable bonds is 6. The van der Waals surface area contributed by atoms with Crippen molar-refractivity contribution in [1.29, 1.82) is 0 Å². The Hall–Kier alpha value is -0.723. The van der Waals surface area contributed by atoms with E-state index in [4.69, 9.17) is 4.74 Å². The molecule has 0 fully saturated rings. The van der Waals surface area contributed by atoms with E-state index >= 15 is 0 Å². The molecule has 0 aliphatic carbocycles. The minimum Gasteiger partial charge on any atom is -0.493 e. The largest absolute Gasteiger partial charge is 0.493 e.